The lowest BCUT2D eigenvalue weighted by atomic mass is 9.81. The van der Waals surface area contributed by atoms with Gasteiger partial charge in [-0.1, -0.05) is 0 Å². The van der Waals surface area contributed by atoms with E-state index in [1.54, 1.807) is 17.8 Å². The van der Waals surface area contributed by atoms with Gasteiger partial charge in [0.15, 0.2) is 5.67 Å². The average molecular weight is 338 g/mol. The summed E-state index contributed by atoms with van der Waals surface area (Å²) in [6.07, 6.45) is 1.32. The largest absolute Gasteiger partial charge is 0.352 e. The Balaban J connectivity index is 1.78. The average Bonchev–Trinajstić information content (AvgIpc) is 3.04. The van der Waals surface area contributed by atoms with Crippen LogP contribution < -0.4 is 10.6 Å². The van der Waals surface area contributed by atoms with Crippen molar-refractivity contribution in [3.8, 4) is 0 Å². The number of nitrogens with zero attached hydrogens (tertiary/aromatic N) is 2. The van der Waals surface area contributed by atoms with E-state index in [-0.39, 0.29) is 25.3 Å². The molecule has 23 heavy (non-hydrogen) atoms. The molecule has 3 rings (SSSR count). The molecule has 1 aliphatic rings. The summed E-state index contributed by atoms with van der Waals surface area (Å²) >= 11 is 1.35. The molecule has 2 N–H and O–H groups in total. The third-order valence-corrected chi connectivity index (χ3v) is 5.32. The van der Waals surface area contributed by atoms with Crippen LogP contribution in [0.3, 0.4) is 0 Å². The summed E-state index contributed by atoms with van der Waals surface area (Å²) in [5.41, 5.74) is -1.07. The first kappa shape index (κ1) is 15.9. The lowest BCUT2D eigenvalue weighted by molar-refractivity contribution is -0.138. The van der Waals surface area contributed by atoms with Crippen LogP contribution in [0.1, 0.15) is 41.6 Å². The molecule has 2 amide bonds. The maximum Gasteiger partial charge on any atom is 0.261 e. The summed E-state index contributed by atoms with van der Waals surface area (Å²) in [6, 6.07) is 1.77. The number of nitrogens with one attached hydrogen (secondary N) is 2. The Bertz CT molecular complexity index is 763. The minimum absolute atomic E-state index is 0.124. The van der Waals surface area contributed by atoms with Gasteiger partial charge in [0.25, 0.3) is 11.8 Å². The number of aryl methyl sites for hydroxylation is 1. The zero-order chi connectivity index (χ0) is 16.6. The molecule has 2 aromatic heterocycles. The normalized spacial score (nSPS) is 16.1. The number of hydrogen-bond donors (Lipinski definition) is 2. The van der Waals surface area contributed by atoms with Gasteiger partial charge in [0, 0.05) is 19.0 Å². The van der Waals surface area contributed by atoms with Gasteiger partial charge in [-0.3, -0.25) is 14.3 Å². The van der Waals surface area contributed by atoms with Crippen LogP contribution in [0, 0.1) is 0 Å². The summed E-state index contributed by atoms with van der Waals surface area (Å²) in [5.74, 6) is -0.692. The molecule has 0 bridgehead atoms. The van der Waals surface area contributed by atoms with Crippen LogP contribution in [-0.4, -0.2) is 33.8 Å². The van der Waals surface area contributed by atoms with E-state index in [2.05, 4.69) is 15.7 Å². The van der Waals surface area contributed by atoms with Gasteiger partial charge in [0.2, 0.25) is 0 Å². The standard InChI is InChI=1S/C15H19FN4O2S/c1-3-17-12(21)11-7-9-10(19-20(2)13(9)23-11)8-18-14(22)15(16)5-4-6-15/h7H,3-6,8H2,1-2H3,(H,17,21)(H,18,22). The van der Waals surface area contributed by atoms with Crippen molar-refractivity contribution in [1.82, 2.24) is 20.4 Å². The number of carbonyl (C=O) groups is 2. The summed E-state index contributed by atoms with van der Waals surface area (Å²) in [4.78, 5) is 25.3. The second-order valence-electron chi connectivity index (χ2n) is 5.76. The van der Waals surface area contributed by atoms with Crippen molar-refractivity contribution in [3.05, 3.63) is 16.6 Å². The topological polar surface area (TPSA) is 76.0 Å². The third kappa shape index (κ3) is 2.83. The number of carbonyl (C=O) groups excluding carboxylic acids is 2. The Morgan fingerprint density at radius 1 is 1.43 bits per heavy atom. The van der Waals surface area contributed by atoms with Crippen molar-refractivity contribution in [2.75, 3.05) is 6.54 Å². The van der Waals surface area contributed by atoms with E-state index in [1.165, 1.54) is 11.3 Å². The van der Waals surface area contributed by atoms with Gasteiger partial charge in [0.1, 0.15) is 4.83 Å². The SMILES string of the molecule is CCNC(=O)c1cc2c(CNC(=O)C3(F)CCC3)nn(C)c2s1. The maximum absolute atomic E-state index is 14.0. The van der Waals surface area contributed by atoms with E-state index in [4.69, 9.17) is 0 Å². The fraction of sp³-hybridized carbons (Fsp3) is 0.533. The molecule has 1 aliphatic carbocycles. The fourth-order valence-corrected chi connectivity index (χ4v) is 3.65. The molecular weight excluding hydrogens is 319 g/mol. The zero-order valence-electron chi connectivity index (χ0n) is 13.1. The van der Waals surface area contributed by atoms with Crippen LogP contribution >= 0.6 is 11.3 Å². The van der Waals surface area contributed by atoms with Gasteiger partial charge in [-0.15, -0.1) is 11.3 Å². The molecular formula is C15H19FN4O2S. The molecule has 0 aromatic carbocycles. The van der Waals surface area contributed by atoms with Crippen LogP contribution in [0.15, 0.2) is 6.07 Å². The van der Waals surface area contributed by atoms with Crippen LogP contribution in [-0.2, 0) is 18.4 Å². The molecule has 0 aliphatic heterocycles. The summed E-state index contributed by atoms with van der Waals surface area (Å²) in [5, 5.41) is 10.6. The van der Waals surface area contributed by atoms with Gasteiger partial charge >= 0.3 is 0 Å². The molecule has 124 valence electrons. The third-order valence-electron chi connectivity index (χ3n) is 4.12. The fourth-order valence-electron chi connectivity index (χ4n) is 2.64. The second-order valence-corrected chi connectivity index (χ2v) is 6.79. The Morgan fingerprint density at radius 2 is 2.17 bits per heavy atom. The quantitative estimate of drug-likeness (QED) is 0.874. The second kappa shape index (κ2) is 5.92. The Hall–Kier alpha value is -1.96. The number of thiophene rings is 1. The van der Waals surface area contributed by atoms with Crippen LogP contribution in [0.5, 0.6) is 0 Å². The monoisotopic (exact) mass is 338 g/mol. The maximum atomic E-state index is 14.0. The highest BCUT2D eigenvalue weighted by atomic mass is 32.1. The van der Waals surface area contributed by atoms with Crippen LogP contribution in [0.2, 0.25) is 0 Å². The zero-order valence-corrected chi connectivity index (χ0v) is 13.9. The Morgan fingerprint density at radius 3 is 2.78 bits per heavy atom. The molecule has 6 nitrogen and oxygen atoms in total. The van der Waals surface area contributed by atoms with Crippen molar-refractivity contribution >= 4 is 33.4 Å². The molecule has 0 radical (unpaired) electrons. The van der Waals surface area contributed by atoms with Gasteiger partial charge in [-0.2, -0.15) is 5.10 Å². The molecule has 2 heterocycles. The lowest BCUT2D eigenvalue weighted by Gasteiger charge is -2.31. The highest BCUT2D eigenvalue weighted by Gasteiger charge is 2.44. The number of aromatic nitrogens is 2. The molecule has 0 saturated heterocycles. The van der Waals surface area contributed by atoms with E-state index in [0.29, 0.717) is 17.1 Å². The van der Waals surface area contributed by atoms with Crippen molar-refractivity contribution < 1.29 is 14.0 Å². The van der Waals surface area contributed by atoms with E-state index >= 15 is 0 Å². The Kier molecular flexibility index (Phi) is 4.09. The number of halogens is 1. The summed E-state index contributed by atoms with van der Waals surface area (Å²) in [6.45, 7) is 2.58. The number of rotatable bonds is 5. The van der Waals surface area contributed by atoms with Crippen LogP contribution in [0.4, 0.5) is 4.39 Å². The first-order valence-corrected chi connectivity index (χ1v) is 8.47. The molecule has 1 fully saturated rings. The minimum atomic E-state index is -1.71. The molecule has 1 saturated carbocycles. The van der Waals surface area contributed by atoms with Gasteiger partial charge in [-0.25, -0.2) is 4.39 Å². The van der Waals surface area contributed by atoms with E-state index in [9.17, 15) is 14.0 Å². The van der Waals surface area contributed by atoms with Crippen molar-refractivity contribution in [3.63, 3.8) is 0 Å². The van der Waals surface area contributed by atoms with Crippen molar-refractivity contribution in [1.29, 1.82) is 0 Å². The predicted octanol–water partition coefficient (Wildman–Crippen LogP) is 1.89. The van der Waals surface area contributed by atoms with E-state index in [1.807, 2.05) is 6.92 Å². The molecule has 0 unspecified atom stereocenters. The van der Waals surface area contributed by atoms with Gasteiger partial charge in [-0.05, 0) is 32.3 Å². The molecule has 0 spiro atoms. The van der Waals surface area contributed by atoms with E-state index in [0.717, 1.165) is 16.6 Å². The highest BCUT2D eigenvalue weighted by molar-refractivity contribution is 7.20. The highest BCUT2D eigenvalue weighted by Crippen LogP contribution is 2.36. The first-order chi connectivity index (χ1) is 10.9. The molecule has 8 heteroatoms. The van der Waals surface area contributed by atoms with Crippen molar-refractivity contribution in [2.45, 2.75) is 38.4 Å². The van der Waals surface area contributed by atoms with Crippen molar-refractivity contribution in [2.24, 2.45) is 7.05 Å². The molecule has 0 atom stereocenters. The number of amides is 2. The number of alkyl halides is 1. The van der Waals surface area contributed by atoms with E-state index < -0.39 is 11.6 Å². The Labute approximate surface area is 137 Å². The van der Waals surface area contributed by atoms with Gasteiger partial charge < -0.3 is 10.6 Å². The van der Waals surface area contributed by atoms with Gasteiger partial charge in [0.05, 0.1) is 17.1 Å². The summed E-state index contributed by atoms with van der Waals surface area (Å²) < 4.78 is 15.7. The smallest absolute Gasteiger partial charge is 0.261 e. The first-order valence-electron chi connectivity index (χ1n) is 7.65. The lowest BCUT2D eigenvalue weighted by Crippen LogP contribution is -2.47. The predicted molar refractivity (Wildman–Crippen MR) is 86.1 cm³/mol. The number of fused-ring (bicyclic) bond motifs is 1. The number of hydrogen-bond acceptors (Lipinski definition) is 4. The summed E-state index contributed by atoms with van der Waals surface area (Å²) in [7, 11) is 1.79. The minimum Gasteiger partial charge on any atom is -0.352 e. The molecule has 2 aromatic rings. The van der Waals surface area contributed by atoms with Crippen LogP contribution in [0.25, 0.3) is 10.2 Å².